The Labute approximate surface area is 57.8 Å². The number of hydrogen-bond donors (Lipinski definition) is 1. The van der Waals surface area contributed by atoms with Gasteiger partial charge in [0, 0.05) is 0 Å². The molecule has 1 fully saturated rings. The number of nitrogens with one attached hydrogen (secondary N) is 1. The van der Waals surface area contributed by atoms with E-state index in [1.807, 2.05) is 7.05 Å². The van der Waals surface area contributed by atoms with Gasteiger partial charge in [-0.15, -0.1) is 0 Å². The van der Waals surface area contributed by atoms with Crippen LogP contribution in [0.4, 0.5) is 0 Å². The molecular formula is C8H17N. The topological polar surface area (TPSA) is 12.0 Å². The van der Waals surface area contributed by atoms with E-state index in [9.17, 15) is 0 Å². The second-order valence-electron chi connectivity index (χ2n) is 3.10. The Bertz CT molecular complexity index is 70.6. The molecule has 0 spiro atoms. The van der Waals surface area contributed by atoms with Crippen molar-refractivity contribution in [1.82, 2.24) is 5.32 Å². The quantitative estimate of drug-likeness (QED) is 0.605. The molecule has 0 aromatic rings. The van der Waals surface area contributed by atoms with E-state index < -0.39 is 0 Å². The highest BCUT2D eigenvalue weighted by Gasteiger charge is 2.34. The van der Waals surface area contributed by atoms with E-state index in [1.54, 1.807) is 0 Å². The number of hydrogen-bond acceptors (Lipinski definition) is 1. The first-order valence-corrected chi connectivity index (χ1v) is 4.03. The first-order chi connectivity index (χ1) is 4.38. The van der Waals surface area contributed by atoms with Crippen LogP contribution in [0.15, 0.2) is 0 Å². The third kappa shape index (κ3) is 1.98. The summed E-state index contributed by atoms with van der Waals surface area (Å²) in [4.78, 5) is 0. The predicted octanol–water partition coefficient (Wildman–Crippen LogP) is 1.64. The van der Waals surface area contributed by atoms with E-state index in [2.05, 4.69) is 12.2 Å². The second-order valence-corrected chi connectivity index (χ2v) is 3.10. The van der Waals surface area contributed by atoms with Gasteiger partial charge in [0.1, 0.15) is 0 Å². The fourth-order valence-electron chi connectivity index (χ4n) is 1.55. The van der Waals surface area contributed by atoms with Gasteiger partial charge in [0.15, 0.2) is 0 Å². The minimum atomic E-state index is 1.02. The first kappa shape index (κ1) is 7.07. The smallest absolute Gasteiger partial charge is 0.00208 e. The van der Waals surface area contributed by atoms with Crippen LogP contribution in [0.1, 0.15) is 26.2 Å². The Morgan fingerprint density at radius 1 is 1.44 bits per heavy atom. The van der Waals surface area contributed by atoms with Crippen LogP contribution in [0.5, 0.6) is 0 Å². The minimum Gasteiger partial charge on any atom is -0.319 e. The van der Waals surface area contributed by atoms with Crippen molar-refractivity contribution in [2.75, 3.05) is 13.6 Å². The van der Waals surface area contributed by atoms with Gasteiger partial charge in [0.2, 0.25) is 0 Å². The Balaban J connectivity index is 1.96. The summed E-state index contributed by atoms with van der Waals surface area (Å²) < 4.78 is 0. The summed E-state index contributed by atoms with van der Waals surface area (Å²) in [7, 11) is 2.04. The monoisotopic (exact) mass is 127 g/mol. The third-order valence-corrected chi connectivity index (χ3v) is 2.19. The van der Waals surface area contributed by atoms with Gasteiger partial charge in [0.05, 0.1) is 0 Å². The largest absolute Gasteiger partial charge is 0.319 e. The van der Waals surface area contributed by atoms with Crippen molar-refractivity contribution in [3.05, 3.63) is 0 Å². The van der Waals surface area contributed by atoms with Gasteiger partial charge in [-0.25, -0.2) is 0 Å². The molecule has 0 amide bonds. The second kappa shape index (κ2) is 3.21. The van der Waals surface area contributed by atoms with Crippen LogP contribution >= 0.6 is 0 Å². The molecule has 2 atom stereocenters. The summed E-state index contributed by atoms with van der Waals surface area (Å²) in [6, 6.07) is 0. The highest BCUT2D eigenvalue weighted by molar-refractivity contribution is 4.86. The Morgan fingerprint density at radius 3 is 2.78 bits per heavy atom. The Morgan fingerprint density at radius 2 is 2.22 bits per heavy atom. The molecule has 0 heterocycles. The standard InChI is InChI=1S/C8H17N/c1-3-4-7-5-8(7)6-9-2/h7-9H,3-6H2,1-2H3. The normalized spacial score (nSPS) is 32.7. The summed E-state index contributed by atoms with van der Waals surface area (Å²) in [5, 5.41) is 3.22. The molecule has 1 heteroatoms. The Hall–Kier alpha value is -0.0400. The van der Waals surface area contributed by atoms with Gasteiger partial charge in [-0.05, 0) is 31.8 Å². The van der Waals surface area contributed by atoms with Crippen LogP contribution in [0, 0.1) is 11.8 Å². The minimum absolute atomic E-state index is 1.02. The van der Waals surface area contributed by atoms with E-state index in [-0.39, 0.29) is 0 Å². The molecular weight excluding hydrogens is 110 g/mol. The maximum atomic E-state index is 3.22. The lowest BCUT2D eigenvalue weighted by molar-refractivity contribution is 0.604. The fraction of sp³-hybridized carbons (Fsp3) is 1.00. The SMILES string of the molecule is CCCC1CC1CNC. The molecule has 1 N–H and O–H groups in total. The maximum Gasteiger partial charge on any atom is -0.00208 e. The van der Waals surface area contributed by atoms with E-state index in [1.165, 1.54) is 25.8 Å². The molecule has 9 heavy (non-hydrogen) atoms. The van der Waals surface area contributed by atoms with Crippen LogP contribution in [-0.4, -0.2) is 13.6 Å². The van der Waals surface area contributed by atoms with Gasteiger partial charge < -0.3 is 5.32 Å². The summed E-state index contributed by atoms with van der Waals surface area (Å²) in [5.41, 5.74) is 0. The van der Waals surface area contributed by atoms with Crippen molar-refractivity contribution in [1.29, 1.82) is 0 Å². The van der Waals surface area contributed by atoms with Gasteiger partial charge in [0.25, 0.3) is 0 Å². The fourth-order valence-corrected chi connectivity index (χ4v) is 1.55. The molecule has 0 aromatic heterocycles. The molecule has 0 saturated heterocycles. The molecule has 1 saturated carbocycles. The summed E-state index contributed by atoms with van der Waals surface area (Å²) in [6.45, 7) is 3.51. The average molecular weight is 127 g/mol. The average Bonchev–Trinajstić information content (AvgIpc) is 2.50. The van der Waals surface area contributed by atoms with Crippen LogP contribution < -0.4 is 5.32 Å². The van der Waals surface area contributed by atoms with E-state index >= 15 is 0 Å². The molecule has 0 radical (unpaired) electrons. The Kier molecular flexibility index (Phi) is 2.52. The van der Waals surface area contributed by atoms with Crippen LogP contribution in [0.2, 0.25) is 0 Å². The molecule has 54 valence electrons. The van der Waals surface area contributed by atoms with E-state index in [0.717, 1.165) is 11.8 Å². The van der Waals surface area contributed by atoms with Crippen molar-refractivity contribution < 1.29 is 0 Å². The van der Waals surface area contributed by atoms with Gasteiger partial charge >= 0.3 is 0 Å². The molecule has 0 aliphatic heterocycles. The lowest BCUT2D eigenvalue weighted by atomic mass is 10.2. The van der Waals surface area contributed by atoms with E-state index in [4.69, 9.17) is 0 Å². The molecule has 1 rings (SSSR count). The van der Waals surface area contributed by atoms with Gasteiger partial charge in [-0.1, -0.05) is 19.8 Å². The highest BCUT2D eigenvalue weighted by atomic mass is 14.8. The molecule has 1 aliphatic rings. The summed E-state index contributed by atoms with van der Waals surface area (Å²) in [5.74, 6) is 2.09. The third-order valence-electron chi connectivity index (χ3n) is 2.19. The number of rotatable bonds is 4. The molecule has 1 aliphatic carbocycles. The zero-order valence-electron chi connectivity index (χ0n) is 6.48. The highest BCUT2D eigenvalue weighted by Crippen LogP contribution is 2.41. The summed E-state index contributed by atoms with van der Waals surface area (Å²) >= 11 is 0. The van der Waals surface area contributed by atoms with E-state index in [0.29, 0.717) is 0 Å². The molecule has 0 aromatic carbocycles. The van der Waals surface area contributed by atoms with Crippen molar-refractivity contribution in [2.24, 2.45) is 11.8 Å². The first-order valence-electron chi connectivity index (χ1n) is 4.03. The molecule has 2 unspecified atom stereocenters. The molecule has 0 bridgehead atoms. The van der Waals surface area contributed by atoms with Crippen molar-refractivity contribution in [2.45, 2.75) is 26.2 Å². The zero-order valence-corrected chi connectivity index (χ0v) is 6.48. The van der Waals surface area contributed by atoms with Crippen LogP contribution in [0.25, 0.3) is 0 Å². The van der Waals surface area contributed by atoms with Crippen molar-refractivity contribution >= 4 is 0 Å². The van der Waals surface area contributed by atoms with Crippen LogP contribution in [0.3, 0.4) is 0 Å². The maximum absolute atomic E-state index is 3.22. The van der Waals surface area contributed by atoms with Gasteiger partial charge in [-0.3, -0.25) is 0 Å². The predicted molar refractivity (Wildman–Crippen MR) is 40.4 cm³/mol. The molecule has 1 nitrogen and oxygen atoms in total. The van der Waals surface area contributed by atoms with Crippen LogP contribution in [-0.2, 0) is 0 Å². The van der Waals surface area contributed by atoms with Gasteiger partial charge in [-0.2, -0.15) is 0 Å². The lowest BCUT2D eigenvalue weighted by Crippen LogP contribution is -2.10. The zero-order chi connectivity index (χ0) is 6.69. The lowest BCUT2D eigenvalue weighted by Gasteiger charge is -1.94. The summed E-state index contributed by atoms with van der Waals surface area (Å²) in [6.07, 6.45) is 4.30. The van der Waals surface area contributed by atoms with Crippen molar-refractivity contribution in [3.63, 3.8) is 0 Å². The van der Waals surface area contributed by atoms with Crippen molar-refractivity contribution in [3.8, 4) is 0 Å².